The van der Waals surface area contributed by atoms with Gasteiger partial charge in [0.05, 0.1) is 19.1 Å². The predicted molar refractivity (Wildman–Crippen MR) is 57.9 cm³/mol. The van der Waals surface area contributed by atoms with Crippen molar-refractivity contribution in [1.82, 2.24) is 4.90 Å². The molecule has 0 radical (unpaired) electrons. The van der Waals surface area contributed by atoms with E-state index < -0.39 is 0 Å². The molecule has 1 aromatic rings. The Morgan fingerprint density at radius 1 is 1.53 bits per heavy atom. The van der Waals surface area contributed by atoms with Crippen molar-refractivity contribution in [2.75, 3.05) is 20.7 Å². The zero-order valence-electron chi connectivity index (χ0n) is 8.73. The third-order valence-corrected chi connectivity index (χ3v) is 2.68. The van der Waals surface area contributed by atoms with Crippen molar-refractivity contribution in [3.63, 3.8) is 0 Å². The van der Waals surface area contributed by atoms with Gasteiger partial charge in [0.25, 0.3) is 5.91 Å². The van der Waals surface area contributed by atoms with Gasteiger partial charge in [-0.3, -0.25) is 9.59 Å². The number of ether oxygens (including phenoxy) is 1. The van der Waals surface area contributed by atoms with E-state index in [1.54, 1.807) is 18.5 Å². The Morgan fingerprint density at radius 3 is 2.80 bits per heavy atom. The summed E-state index contributed by atoms with van der Waals surface area (Å²) >= 11 is 1.48. The van der Waals surface area contributed by atoms with E-state index in [4.69, 9.17) is 0 Å². The van der Waals surface area contributed by atoms with Gasteiger partial charge in [0, 0.05) is 19.0 Å². The first-order valence-electron chi connectivity index (χ1n) is 4.49. The van der Waals surface area contributed by atoms with Gasteiger partial charge in [0.2, 0.25) is 0 Å². The van der Waals surface area contributed by atoms with E-state index in [2.05, 4.69) is 4.74 Å². The van der Waals surface area contributed by atoms with Gasteiger partial charge in [-0.15, -0.1) is 0 Å². The number of esters is 1. The molecule has 1 amide bonds. The maximum atomic E-state index is 11.7. The third-order valence-electron chi connectivity index (χ3n) is 1.99. The van der Waals surface area contributed by atoms with Crippen molar-refractivity contribution < 1.29 is 14.3 Å². The molecule has 5 heteroatoms. The number of hydrogen-bond acceptors (Lipinski definition) is 4. The lowest BCUT2D eigenvalue weighted by atomic mass is 10.3. The van der Waals surface area contributed by atoms with Gasteiger partial charge < -0.3 is 9.64 Å². The van der Waals surface area contributed by atoms with Crippen LogP contribution < -0.4 is 0 Å². The number of nitrogens with zero attached hydrogens (tertiary/aromatic N) is 1. The van der Waals surface area contributed by atoms with Crippen LogP contribution in [0.2, 0.25) is 0 Å². The summed E-state index contributed by atoms with van der Waals surface area (Å²) in [5.74, 6) is -0.375. The molecule has 0 unspecified atom stereocenters. The lowest BCUT2D eigenvalue weighted by Crippen LogP contribution is -2.28. The highest BCUT2D eigenvalue weighted by molar-refractivity contribution is 7.08. The molecule has 0 aromatic carbocycles. The fraction of sp³-hybridized carbons (Fsp3) is 0.400. The Kier molecular flexibility index (Phi) is 4.30. The van der Waals surface area contributed by atoms with Gasteiger partial charge in [-0.1, -0.05) is 0 Å². The summed E-state index contributed by atoms with van der Waals surface area (Å²) in [5, 5.41) is 3.64. The minimum absolute atomic E-state index is 0.0693. The zero-order valence-corrected chi connectivity index (χ0v) is 9.54. The van der Waals surface area contributed by atoms with E-state index in [-0.39, 0.29) is 18.3 Å². The van der Waals surface area contributed by atoms with Crippen LogP contribution in [0.1, 0.15) is 16.8 Å². The maximum absolute atomic E-state index is 11.7. The number of thiophene rings is 1. The average molecular weight is 227 g/mol. The molecule has 0 aliphatic heterocycles. The van der Waals surface area contributed by atoms with E-state index >= 15 is 0 Å². The number of amides is 1. The first-order chi connectivity index (χ1) is 7.15. The summed E-state index contributed by atoms with van der Waals surface area (Å²) in [6, 6.07) is 1.77. The number of rotatable bonds is 4. The highest BCUT2D eigenvalue weighted by Gasteiger charge is 2.12. The van der Waals surface area contributed by atoms with Crippen molar-refractivity contribution >= 4 is 23.2 Å². The fourth-order valence-electron chi connectivity index (χ4n) is 1.07. The summed E-state index contributed by atoms with van der Waals surface area (Å²) in [6.45, 7) is 0.376. The minimum Gasteiger partial charge on any atom is -0.469 e. The molecule has 0 aliphatic carbocycles. The van der Waals surface area contributed by atoms with Crippen molar-refractivity contribution in [1.29, 1.82) is 0 Å². The van der Waals surface area contributed by atoms with Crippen LogP contribution in [-0.2, 0) is 9.53 Å². The van der Waals surface area contributed by atoms with E-state index in [1.165, 1.54) is 23.3 Å². The second-order valence-corrected chi connectivity index (χ2v) is 3.84. The molecular formula is C10H13NO3S. The van der Waals surface area contributed by atoms with Crippen LogP contribution in [0.4, 0.5) is 0 Å². The van der Waals surface area contributed by atoms with Crippen LogP contribution >= 0.6 is 11.3 Å². The molecule has 0 bridgehead atoms. The van der Waals surface area contributed by atoms with Crippen LogP contribution in [0.5, 0.6) is 0 Å². The molecule has 0 saturated carbocycles. The Morgan fingerprint density at radius 2 is 2.27 bits per heavy atom. The molecule has 0 N–H and O–H groups in total. The monoisotopic (exact) mass is 227 g/mol. The molecule has 0 atom stereocenters. The van der Waals surface area contributed by atoms with Gasteiger partial charge in [-0.25, -0.2) is 0 Å². The second-order valence-electron chi connectivity index (χ2n) is 3.06. The molecule has 1 heterocycles. The summed E-state index contributed by atoms with van der Waals surface area (Å²) in [7, 11) is 3.01. The van der Waals surface area contributed by atoms with Crippen molar-refractivity contribution in [2.24, 2.45) is 0 Å². The summed E-state index contributed by atoms with van der Waals surface area (Å²) in [5.41, 5.74) is 0.660. The van der Waals surface area contributed by atoms with Gasteiger partial charge in [-0.05, 0) is 11.4 Å². The first-order valence-corrected chi connectivity index (χ1v) is 5.44. The third kappa shape index (κ3) is 3.36. The first kappa shape index (κ1) is 11.7. The van der Waals surface area contributed by atoms with E-state index in [0.717, 1.165) is 0 Å². The van der Waals surface area contributed by atoms with Crippen LogP contribution in [-0.4, -0.2) is 37.5 Å². The summed E-state index contributed by atoms with van der Waals surface area (Å²) in [6.07, 6.45) is 0.225. The molecule has 82 valence electrons. The largest absolute Gasteiger partial charge is 0.469 e. The molecule has 4 nitrogen and oxygen atoms in total. The van der Waals surface area contributed by atoms with Gasteiger partial charge in [-0.2, -0.15) is 11.3 Å². The number of hydrogen-bond donors (Lipinski definition) is 0. The Hall–Kier alpha value is -1.36. The number of methoxy groups -OCH3 is 1. The van der Waals surface area contributed by atoms with Gasteiger partial charge in [0.15, 0.2) is 0 Å². The van der Waals surface area contributed by atoms with Crippen molar-refractivity contribution in [3.05, 3.63) is 22.4 Å². The van der Waals surface area contributed by atoms with Crippen LogP contribution in [0, 0.1) is 0 Å². The van der Waals surface area contributed by atoms with E-state index in [9.17, 15) is 9.59 Å². The molecule has 0 fully saturated rings. The highest BCUT2D eigenvalue weighted by atomic mass is 32.1. The van der Waals surface area contributed by atoms with E-state index in [1.807, 2.05) is 5.38 Å². The Labute approximate surface area is 92.5 Å². The average Bonchev–Trinajstić information content (AvgIpc) is 2.77. The molecular weight excluding hydrogens is 214 g/mol. The van der Waals surface area contributed by atoms with Crippen molar-refractivity contribution in [3.8, 4) is 0 Å². The normalized spacial score (nSPS) is 9.73. The SMILES string of the molecule is COC(=O)CCN(C)C(=O)c1ccsc1. The predicted octanol–water partition coefficient (Wildman–Crippen LogP) is 1.38. The second kappa shape index (κ2) is 5.50. The minimum atomic E-state index is -0.306. The molecule has 15 heavy (non-hydrogen) atoms. The zero-order chi connectivity index (χ0) is 11.3. The van der Waals surface area contributed by atoms with E-state index in [0.29, 0.717) is 12.1 Å². The summed E-state index contributed by atoms with van der Waals surface area (Å²) < 4.78 is 4.50. The topological polar surface area (TPSA) is 46.6 Å². The van der Waals surface area contributed by atoms with Gasteiger partial charge in [0.1, 0.15) is 0 Å². The molecule has 0 saturated heterocycles. The molecule has 0 aliphatic rings. The number of carbonyl (C=O) groups excluding carboxylic acids is 2. The van der Waals surface area contributed by atoms with Crippen LogP contribution in [0.15, 0.2) is 16.8 Å². The highest BCUT2D eigenvalue weighted by Crippen LogP contribution is 2.08. The maximum Gasteiger partial charge on any atom is 0.307 e. The lowest BCUT2D eigenvalue weighted by molar-refractivity contribution is -0.140. The lowest BCUT2D eigenvalue weighted by Gasteiger charge is -2.15. The van der Waals surface area contributed by atoms with Crippen molar-refractivity contribution in [2.45, 2.75) is 6.42 Å². The summed E-state index contributed by atoms with van der Waals surface area (Å²) in [4.78, 5) is 24.1. The van der Waals surface area contributed by atoms with Gasteiger partial charge >= 0.3 is 5.97 Å². The smallest absolute Gasteiger partial charge is 0.307 e. The Balaban J connectivity index is 2.44. The Bertz CT molecular complexity index is 334. The standard InChI is InChI=1S/C10H13NO3S/c1-11(5-3-9(12)14-2)10(13)8-4-6-15-7-8/h4,6-7H,3,5H2,1-2H3. The molecule has 0 spiro atoms. The fourth-order valence-corrected chi connectivity index (χ4v) is 1.70. The molecule has 1 aromatic heterocycles. The van der Waals surface area contributed by atoms with Crippen LogP contribution in [0.3, 0.4) is 0 Å². The number of carbonyl (C=O) groups is 2. The van der Waals surface area contributed by atoms with Crippen LogP contribution in [0.25, 0.3) is 0 Å². The quantitative estimate of drug-likeness (QED) is 0.730. The molecule has 1 rings (SSSR count).